The van der Waals surface area contributed by atoms with Gasteiger partial charge < -0.3 is 14.6 Å². The maximum atomic E-state index is 12.3. The van der Waals surface area contributed by atoms with Crippen LogP contribution < -0.4 is 5.32 Å². The Balaban J connectivity index is 1.90. The molecular weight excluding hydrogens is 368 g/mol. The summed E-state index contributed by atoms with van der Waals surface area (Å²) in [6, 6.07) is 5.48. The fourth-order valence-corrected chi connectivity index (χ4v) is 3.48. The molecule has 7 heteroatoms. The lowest BCUT2D eigenvalue weighted by Crippen LogP contribution is -2.43. The van der Waals surface area contributed by atoms with E-state index in [1.54, 1.807) is 19.2 Å². The number of carbonyl (C=O) groups excluding carboxylic acids is 2. The molecule has 2 aromatic rings. The number of hydrogen-bond donors (Lipinski definition) is 1. The van der Waals surface area contributed by atoms with Gasteiger partial charge in [0.15, 0.2) is 5.78 Å². The number of furan rings is 1. The van der Waals surface area contributed by atoms with Crippen molar-refractivity contribution in [1.82, 2.24) is 14.8 Å². The van der Waals surface area contributed by atoms with Crippen molar-refractivity contribution in [1.29, 1.82) is 0 Å². The molecule has 29 heavy (non-hydrogen) atoms. The molecule has 1 N–H and O–H groups in total. The molecule has 3 rings (SSSR count). The number of anilines is 1. The van der Waals surface area contributed by atoms with Crippen molar-refractivity contribution in [3.8, 4) is 0 Å². The predicted octanol–water partition coefficient (Wildman–Crippen LogP) is 3.03. The average Bonchev–Trinajstić information content (AvgIpc) is 3.08. The number of hydrogen-bond acceptors (Lipinski definition) is 6. The Bertz CT molecular complexity index is 924. The van der Waals surface area contributed by atoms with Crippen LogP contribution in [-0.4, -0.2) is 59.7 Å². The van der Waals surface area contributed by atoms with Crippen molar-refractivity contribution in [2.24, 2.45) is 0 Å². The molecule has 0 saturated carbocycles. The van der Waals surface area contributed by atoms with Crippen molar-refractivity contribution in [2.75, 3.05) is 38.5 Å². The van der Waals surface area contributed by atoms with Gasteiger partial charge in [-0.3, -0.25) is 14.5 Å². The summed E-state index contributed by atoms with van der Waals surface area (Å²) in [5, 5.41) is 2.69. The van der Waals surface area contributed by atoms with Crippen LogP contribution in [0.3, 0.4) is 0 Å². The number of likely N-dealkylation sites (N-methyl/N-ethyl adjacent to an activating group) is 1. The summed E-state index contributed by atoms with van der Waals surface area (Å²) in [4.78, 5) is 32.5. The molecule has 1 fully saturated rings. The maximum Gasteiger partial charge on any atom is 0.222 e. The van der Waals surface area contributed by atoms with Crippen molar-refractivity contribution in [2.45, 2.75) is 27.3 Å². The molecule has 0 bridgehead atoms. The van der Waals surface area contributed by atoms with Gasteiger partial charge in [-0.2, -0.15) is 0 Å². The van der Waals surface area contributed by atoms with Crippen LogP contribution in [0.2, 0.25) is 0 Å². The number of carbonyl (C=O) groups is 2. The highest BCUT2D eigenvalue weighted by Crippen LogP contribution is 2.31. The van der Waals surface area contributed by atoms with Crippen LogP contribution in [0, 0.1) is 0 Å². The molecule has 1 saturated heterocycles. The standard InChI is InChI=1S/C22H28N4O3/c1-5-19(17-6-7-23-21(12-17)24-16(3)28)22-20(15(2)27)13-18(29-22)14-26-10-8-25(4)9-11-26/h5-7,12-13H,8-11,14H2,1-4H3,(H,23,24,28)/b19-5-. The first-order valence-corrected chi connectivity index (χ1v) is 9.82. The second-order valence-electron chi connectivity index (χ2n) is 7.40. The van der Waals surface area contributed by atoms with Crippen LogP contribution >= 0.6 is 0 Å². The first kappa shape index (κ1) is 21.0. The van der Waals surface area contributed by atoms with Crippen LogP contribution in [0.15, 0.2) is 34.9 Å². The third kappa shape index (κ3) is 5.19. The van der Waals surface area contributed by atoms with Gasteiger partial charge in [0.25, 0.3) is 0 Å². The second-order valence-corrected chi connectivity index (χ2v) is 7.40. The first-order chi connectivity index (χ1) is 13.9. The minimum absolute atomic E-state index is 0.0381. The number of nitrogens with one attached hydrogen (secondary N) is 1. The summed E-state index contributed by atoms with van der Waals surface area (Å²) >= 11 is 0. The van der Waals surface area contributed by atoms with Gasteiger partial charge in [0.1, 0.15) is 17.3 Å². The van der Waals surface area contributed by atoms with E-state index in [0.717, 1.165) is 43.1 Å². The highest BCUT2D eigenvalue weighted by molar-refractivity contribution is 6.00. The Labute approximate surface area is 171 Å². The molecule has 0 atom stereocenters. The van der Waals surface area contributed by atoms with E-state index in [9.17, 15) is 9.59 Å². The van der Waals surface area contributed by atoms with Gasteiger partial charge in [0.05, 0.1) is 12.1 Å². The van der Waals surface area contributed by atoms with E-state index in [0.29, 0.717) is 23.7 Å². The monoisotopic (exact) mass is 396 g/mol. The molecular formula is C22H28N4O3. The van der Waals surface area contributed by atoms with Crippen molar-refractivity contribution < 1.29 is 14.0 Å². The van der Waals surface area contributed by atoms with Crippen molar-refractivity contribution in [3.05, 3.63) is 53.1 Å². The molecule has 2 aromatic heterocycles. The number of nitrogens with zero attached hydrogens (tertiary/aromatic N) is 3. The first-order valence-electron chi connectivity index (χ1n) is 9.82. The molecule has 0 spiro atoms. The van der Waals surface area contributed by atoms with Crippen molar-refractivity contribution >= 4 is 23.1 Å². The predicted molar refractivity (Wildman–Crippen MR) is 113 cm³/mol. The van der Waals surface area contributed by atoms with Crippen molar-refractivity contribution in [3.63, 3.8) is 0 Å². The van der Waals surface area contributed by atoms with Crippen LogP contribution in [0.4, 0.5) is 5.82 Å². The Morgan fingerprint density at radius 3 is 2.55 bits per heavy atom. The number of ketones is 1. The zero-order chi connectivity index (χ0) is 21.0. The average molecular weight is 396 g/mol. The fraction of sp³-hybridized carbons (Fsp3) is 0.409. The lowest BCUT2D eigenvalue weighted by Gasteiger charge is -2.31. The van der Waals surface area contributed by atoms with Gasteiger partial charge in [-0.05, 0) is 44.7 Å². The van der Waals surface area contributed by atoms with Gasteiger partial charge in [-0.25, -0.2) is 4.98 Å². The van der Waals surface area contributed by atoms with Gasteiger partial charge in [0, 0.05) is 44.9 Å². The largest absolute Gasteiger partial charge is 0.459 e. The zero-order valence-electron chi connectivity index (χ0n) is 17.5. The number of aromatic nitrogens is 1. The molecule has 3 heterocycles. The number of rotatable bonds is 6. The van der Waals surface area contributed by atoms with Gasteiger partial charge in [-0.1, -0.05) is 6.08 Å². The Hall–Kier alpha value is -2.77. The quantitative estimate of drug-likeness (QED) is 0.756. The Morgan fingerprint density at radius 1 is 1.21 bits per heavy atom. The lowest BCUT2D eigenvalue weighted by molar-refractivity contribution is -0.114. The molecule has 0 radical (unpaired) electrons. The number of amides is 1. The molecule has 0 unspecified atom stereocenters. The van der Waals surface area contributed by atoms with E-state index >= 15 is 0 Å². The van der Waals surface area contributed by atoms with E-state index in [2.05, 4.69) is 27.1 Å². The molecule has 154 valence electrons. The minimum atomic E-state index is -0.187. The summed E-state index contributed by atoms with van der Waals surface area (Å²) in [5.41, 5.74) is 2.20. The van der Waals surface area contributed by atoms with Crippen LogP contribution in [0.5, 0.6) is 0 Å². The molecule has 1 amide bonds. The molecule has 1 aliphatic heterocycles. The maximum absolute atomic E-state index is 12.3. The van der Waals surface area contributed by atoms with Gasteiger partial charge in [0.2, 0.25) is 5.91 Å². The highest BCUT2D eigenvalue weighted by atomic mass is 16.3. The number of pyridine rings is 1. The summed E-state index contributed by atoms with van der Waals surface area (Å²) < 4.78 is 6.18. The van der Waals surface area contributed by atoms with E-state index in [-0.39, 0.29) is 11.7 Å². The normalized spacial score (nSPS) is 16.1. The highest BCUT2D eigenvalue weighted by Gasteiger charge is 2.22. The summed E-state index contributed by atoms with van der Waals surface area (Å²) in [7, 11) is 2.12. The zero-order valence-corrected chi connectivity index (χ0v) is 17.5. The van der Waals surface area contributed by atoms with Gasteiger partial charge in [-0.15, -0.1) is 0 Å². The second kappa shape index (κ2) is 9.15. The number of piperazine rings is 1. The molecule has 0 aromatic carbocycles. The number of Topliss-reactive ketones (excluding diaryl/α,β-unsaturated/α-hetero) is 1. The fourth-order valence-electron chi connectivity index (χ4n) is 3.48. The Kier molecular flexibility index (Phi) is 6.61. The lowest BCUT2D eigenvalue weighted by atomic mass is 10.00. The third-order valence-corrected chi connectivity index (χ3v) is 5.05. The summed E-state index contributed by atoms with van der Waals surface area (Å²) in [6.45, 7) is 9.57. The molecule has 7 nitrogen and oxygen atoms in total. The van der Waals surface area contributed by atoms with Crippen LogP contribution in [0.1, 0.15) is 48.2 Å². The topological polar surface area (TPSA) is 78.7 Å². The minimum Gasteiger partial charge on any atom is -0.459 e. The van der Waals surface area contributed by atoms with E-state index < -0.39 is 0 Å². The Morgan fingerprint density at radius 2 is 1.93 bits per heavy atom. The van der Waals surface area contributed by atoms with Gasteiger partial charge >= 0.3 is 0 Å². The summed E-state index contributed by atoms with van der Waals surface area (Å²) in [6.07, 6.45) is 3.55. The van der Waals surface area contributed by atoms with E-state index in [4.69, 9.17) is 4.42 Å². The van der Waals surface area contributed by atoms with Crippen LogP contribution in [0.25, 0.3) is 5.57 Å². The molecule has 1 aliphatic rings. The summed E-state index contributed by atoms with van der Waals surface area (Å²) in [5.74, 6) is 1.58. The van der Waals surface area contributed by atoms with Crippen LogP contribution in [-0.2, 0) is 11.3 Å². The van der Waals surface area contributed by atoms with E-state index in [1.165, 1.54) is 6.92 Å². The van der Waals surface area contributed by atoms with E-state index in [1.807, 2.05) is 25.1 Å². The third-order valence-electron chi connectivity index (χ3n) is 5.05. The smallest absolute Gasteiger partial charge is 0.222 e. The number of allylic oxidation sites excluding steroid dienone is 1. The molecule has 0 aliphatic carbocycles. The SMILES string of the molecule is C/C=C(/c1ccnc(NC(C)=O)c1)c1oc(CN2CCN(C)CC2)cc1C(C)=O.